The Balaban J connectivity index is 1.50. The summed E-state index contributed by atoms with van der Waals surface area (Å²) in [5, 5.41) is 13.5. The van der Waals surface area contributed by atoms with Gasteiger partial charge in [-0.15, -0.1) is 5.10 Å². The van der Waals surface area contributed by atoms with Gasteiger partial charge in [-0.3, -0.25) is 0 Å². The van der Waals surface area contributed by atoms with Gasteiger partial charge in [0.15, 0.2) is 5.82 Å². The Labute approximate surface area is 178 Å². The first-order valence-corrected chi connectivity index (χ1v) is 10.4. The molecular formula is C23H23F3N4O. The average molecular weight is 428 g/mol. The molecule has 1 N–H and O–H groups in total. The quantitative estimate of drug-likeness (QED) is 0.608. The van der Waals surface area contributed by atoms with E-state index in [-0.39, 0.29) is 11.7 Å². The molecule has 2 bridgehead atoms. The van der Waals surface area contributed by atoms with Crippen molar-refractivity contribution in [1.29, 1.82) is 0 Å². The van der Waals surface area contributed by atoms with E-state index in [1.54, 1.807) is 6.92 Å². The maximum absolute atomic E-state index is 14.6. The summed E-state index contributed by atoms with van der Waals surface area (Å²) in [6.07, 6.45) is -1.55. The summed E-state index contributed by atoms with van der Waals surface area (Å²) < 4.78 is 46.6. The van der Waals surface area contributed by atoms with Gasteiger partial charge in [-0.25, -0.2) is 13.2 Å². The molecule has 3 aromatic rings. The molecule has 0 aliphatic carbocycles. The molecule has 8 heteroatoms. The number of aryl methyl sites for hydroxylation is 1. The van der Waals surface area contributed by atoms with Crippen molar-refractivity contribution in [3.63, 3.8) is 0 Å². The van der Waals surface area contributed by atoms with E-state index in [1.165, 1.54) is 12.1 Å². The van der Waals surface area contributed by atoms with Crippen molar-refractivity contribution < 1.29 is 17.9 Å². The maximum atomic E-state index is 14.6. The van der Waals surface area contributed by atoms with Crippen molar-refractivity contribution in [2.75, 3.05) is 23.4 Å². The molecule has 2 aromatic carbocycles. The van der Waals surface area contributed by atoms with Crippen LogP contribution in [0.1, 0.15) is 42.6 Å². The van der Waals surface area contributed by atoms with Gasteiger partial charge in [-0.05, 0) is 32.4 Å². The summed E-state index contributed by atoms with van der Waals surface area (Å²) in [5.41, 5.74) is 1.44. The van der Waals surface area contributed by atoms with Crippen molar-refractivity contribution >= 4 is 22.3 Å². The van der Waals surface area contributed by atoms with Crippen LogP contribution in [0.4, 0.5) is 24.7 Å². The van der Waals surface area contributed by atoms with E-state index < -0.39 is 23.8 Å². The molecule has 0 radical (unpaired) electrons. The van der Waals surface area contributed by atoms with Gasteiger partial charge in [0, 0.05) is 28.6 Å². The van der Waals surface area contributed by atoms with E-state index in [0.29, 0.717) is 11.9 Å². The zero-order valence-electron chi connectivity index (χ0n) is 17.3. The smallest absolute Gasteiger partial charge is 0.266 e. The van der Waals surface area contributed by atoms with Crippen molar-refractivity contribution in [3.05, 3.63) is 59.0 Å². The fourth-order valence-electron chi connectivity index (χ4n) is 4.63. The number of nitrogens with one attached hydrogen (secondary N) is 1. The molecule has 2 fully saturated rings. The van der Waals surface area contributed by atoms with Gasteiger partial charge in [-0.1, -0.05) is 24.3 Å². The van der Waals surface area contributed by atoms with E-state index in [1.807, 2.05) is 13.0 Å². The number of anilines is 2. The van der Waals surface area contributed by atoms with E-state index in [0.717, 1.165) is 47.8 Å². The lowest BCUT2D eigenvalue weighted by Gasteiger charge is -2.29. The van der Waals surface area contributed by atoms with Gasteiger partial charge in [0.25, 0.3) is 6.43 Å². The molecule has 3 heterocycles. The topological polar surface area (TPSA) is 50.3 Å². The first-order valence-electron chi connectivity index (χ1n) is 10.4. The number of hydrogen-bond donors (Lipinski definition) is 1. The van der Waals surface area contributed by atoms with Gasteiger partial charge in [0.2, 0.25) is 0 Å². The molecule has 0 unspecified atom stereocenters. The standard InChI is InChI=1S/C23H23F3N4O/c1-12(18-4-3-5-19(21(18)24)22(25)26)27-23-20-9-14(6-7-17(20)13(2)28-29-23)30-10-16-8-15(30)11-31-16/h3-7,9,12,15-16,22H,8,10-11H2,1-2H3,(H,27,29)/t12-,15-,16-/m1/s1. The predicted octanol–water partition coefficient (Wildman–Crippen LogP) is 5.17. The zero-order chi connectivity index (χ0) is 21.7. The predicted molar refractivity (Wildman–Crippen MR) is 113 cm³/mol. The number of halogens is 3. The number of aromatic nitrogens is 2. The van der Waals surface area contributed by atoms with Crippen LogP contribution in [0.5, 0.6) is 0 Å². The number of fused-ring (bicyclic) bond motifs is 3. The molecule has 5 nitrogen and oxygen atoms in total. The third-order valence-corrected chi connectivity index (χ3v) is 6.29. The van der Waals surface area contributed by atoms with Crippen molar-refractivity contribution in [1.82, 2.24) is 10.2 Å². The Kier molecular flexibility index (Phi) is 4.97. The Morgan fingerprint density at radius 1 is 1.13 bits per heavy atom. The van der Waals surface area contributed by atoms with Crippen LogP contribution >= 0.6 is 0 Å². The molecule has 0 amide bonds. The summed E-state index contributed by atoms with van der Waals surface area (Å²) in [6.45, 7) is 5.21. The lowest BCUT2D eigenvalue weighted by molar-refractivity contribution is 0.0991. The number of ether oxygens (including phenoxy) is 1. The number of hydrogen-bond acceptors (Lipinski definition) is 5. The van der Waals surface area contributed by atoms with Gasteiger partial charge >= 0.3 is 0 Å². The number of nitrogens with zero attached hydrogens (tertiary/aromatic N) is 3. The van der Waals surface area contributed by atoms with Crippen LogP contribution in [0.15, 0.2) is 36.4 Å². The molecule has 2 aliphatic heterocycles. The molecule has 31 heavy (non-hydrogen) atoms. The van der Waals surface area contributed by atoms with Crippen LogP contribution in [0.25, 0.3) is 10.8 Å². The summed E-state index contributed by atoms with van der Waals surface area (Å²) in [5.74, 6) is -0.395. The largest absolute Gasteiger partial charge is 0.374 e. The fourth-order valence-corrected chi connectivity index (χ4v) is 4.63. The molecule has 0 saturated carbocycles. The number of rotatable bonds is 5. The average Bonchev–Trinajstić information content (AvgIpc) is 3.39. The van der Waals surface area contributed by atoms with E-state index in [9.17, 15) is 13.2 Å². The van der Waals surface area contributed by atoms with Gasteiger partial charge in [0.1, 0.15) is 5.82 Å². The number of morpholine rings is 1. The van der Waals surface area contributed by atoms with Crippen LogP contribution in [-0.4, -0.2) is 35.5 Å². The molecule has 3 atom stereocenters. The van der Waals surface area contributed by atoms with Gasteiger partial charge < -0.3 is 15.0 Å². The Morgan fingerprint density at radius 3 is 2.65 bits per heavy atom. The monoisotopic (exact) mass is 428 g/mol. The lowest BCUT2D eigenvalue weighted by Crippen LogP contribution is -2.36. The Morgan fingerprint density at radius 2 is 1.94 bits per heavy atom. The molecular weight excluding hydrogens is 405 g/mol. The number of benzene rings is 2. The first kappa shape index (κ1) is 20.1. The minimum absolute atomic E-state index is 0.165. The second-order valence-corrected chi connectivity index (χ2v) is 8.28. The van der Waals surface area contributed by atoms with Crippen LogP contribution in [-0.2, 0) is 4.74 Å². The highest BCUT2D eigenvalue weighted by molar-refractivity contribution is 5.95. The second kappa shape index (κ2) is 7.67. The minimum Gasteiger partial charge on any atom is -0.374 e. The van der Waals surface area contributed by atoms with E-state index in [2.05, 4.69) is 32.5 Å². The van der Waals surface area contributed by atoms with Crippen molar-refractivity contribution in [3.8, 4) is 0 Å². The maximum Gasteiger partial charge on any atom is 0.266 e. The normalized spacial score (nSPS) is 21.3. The molecule has 2 aliphatic rings. The SMILES string of the molecule is Cc1nnc(N[C@H](C)c2cccc(C(F)F)c2F)c2cc(N3C[C@H]4C[C@@H]3CO4)ccc12. The highest BCUT2D eigenvalue weighted by Crippen LogP contribution is 2.36. The van der Waals surface area contributed by atoms with Crippen LogP contribution in [0.3, 0.4) is 0 Å². The van der Waals surface area contributed by atoms with Crippen LogP contribution in [0, 0.1) is 12.7 Å². The highest BCUT2D eigenvalue weighted by atomic mass is 19.3. The second-order valence-electron chi connectivity index (χ2n) is 8.28. The van der Waals surface area contributed by atoms with E-state index >= 15 is 0 Å². The molecule has 5 rings (SSSR count). The third-order valence-electron chi connectivity index (χ3n) is 6.29. The minimum atomic E-state index is -2.87. The van der Waals surface area contributed by atoms with E-state index in [4.69, 9.17) is 4.74 Å². The first-order chi connectivity index (χ1) is 14.9. The summed E-state index contributed by atoms with van der Waals surface area (Å²) >= 11 is 0. The summed E-state index contributed by atoms with van der Waals surface area (Å²) in [7, 11) is 0. The van der Waals surface area contributed by atoms with Gasteiger partial charge in [-0.2, -0.15) is 5.10 Å². The van der Waals surface area contributed by atoms with Crippen LogP contribution in [0.2, 0.25) is 0 Å². The van der Waals surface area contributed by atoms with Gasteiger partial charge in [0.05, 0.1) is 36.1 Å². The lowest BCUT2D eigenvalue weighted by atomic mass is 10.0. The summed E-state index contributed by atoms with van der Waals surface area (Å²) in [4.78, 5) is 2.35. The zero-order valence-corrected chi connectivity index (χ0v) is 17.3. The van der Waals surface area contributed by atoms with Crippen LogP contribution < -0.4 is 10.2 Å². The third kappa shape index (κ3) is 3.48. The molecule has 2 saturated heterocycles. The Bertz CT molecular complexity index is 1140. The Hall–Kier alpha value is -2.87. The summed E-state index contributed by atoms with van der Waals surface area (Å²) in [6, 6.07) is 10.0. The fraction of sp³-hybridized carbons (Fsp3) is 0.391. The molecule has 162 valence electrons. The van der Waals surface area contributed by atoms with Crippen molar-refractivity contribution in [2.24, 2.45) is 0 Å². The number of alkyl halides is 2. The highest BCUT2D eigenvalue weighted by Gasteiger charge is 2.39. The molecule has 0 spiro atoms. The van der Waals surface area contributed by atoms with Crippen molar-refractivity contribution in [2.45, 2.75) is 44.9 Å². The molecule has 1 aromatic heterocycles.